The average molecular weight is 353 g/mol. The molecule has 5 nitrogen and oxygen atoms in total. The van der Waals surface area contributed by atoms with E-state index in [4.69, 9.17) is 0 Å². The lowest BCUT2D eigenvalue weighted by molar-refractivity contribution is 0.0719. The molecule has 134 valence electrons. The van der Waals surface area contributed by atoms with E-state index in [0.717, 1.165) is 25.1 Å². The first kappa shape index (κ1) is 16.6. The second-order valence-corrected chi connectivity index (χ2v) is 6.88. The van der Waals surface area contributed by atoms with E-state index in [1.807, 2.05) is 11.9 Å². The molecule has 0 bridgehead atoms. The number of nitrogens with zero attached hydrogens (tertiary/aromatic N) is 2. The topological polar surface area (TPSA) is 52.7 Å². The molecule has 2 aromatic rings. The van der Waals surface area contributed by atoms with Crippen LogP contribution in [0.1, 0.15) is 39.1 Å². The van der Waals surface area contributed by atoms with Gasteiger partial charge in [0.1, 0.15) is 12.0 Å². The maximum atomic E-state index is 13.7. The molecule has 1 atom stereocenters. The highest BCUT2D eigenvalue weighted by molar-refractivity contribution is 6.08. The average Bonchev–Trinajstić information content (AvgIpc) is 3.12. The fourth-order valence-corrected chi connectivity index (χ4v) is 3.72. The molecule has 0 spiro atoms. The lowest BCUT2D eigenvalue weighted by Gasteiger charge is -2.40. The summed E-state index contributed by atoms with van der Waals surface area (Å²) in [7, 11) is 1.95. The van der Waals surface area contributed by atoms with Gasteiger partial charge in [-0.05, 0) is 55.7 Å². The van der Waals surface area contributed by atoms with Gasteiger partial charge in [0.2, 0.25) is 0 Å². The molecular formula is C20H20FN3O2. The Morgan fingerprint density at radius 3 is 2.81 bits per heavy atom. The highest BCUT2D eigenvalue weighted by atomic mass is 19.1. The smallest absolute Gasteiger partial charge is 0.257 e. The second-order valence-electron chi connectivity index (χ2n) is 6.88. The van der Waals surface area contributed by atoms with Crippen LogP contribution in [-0.2, 0) is 0 Å². The van der Waals surface area contributed by atoms with Gasteiger partial charge in [-0.3, -0.25) is 9.59 Å². The van der Waals surface area contributed by atoms with Crippen molar-refractivity contribution in [2.45, 2.75) is 25.9 Å². The number of rotatable bonds is 2. The summed E-state index contributed by atoms with van der Waals surface area (Å²) < 4.78 is 13.7. The van der Waals surface area contributed by atoms with Crippen LogP contribution in [0.3, 0.4) is 0 Å². The normalized spacial score (nSPS) is 18.6. The molecular weight excluding hydrogens is 333 g/mol. The molecule has 0 aliphatic carbocycles. The van der Waals surface area contributed by atoms with E-state index in [-0.39, 0.29) is 23.8 Å². The highest BCUT2D eigenvalue weighted by Gasteiger charge is 2.38. The number of fused-ring (bicyclic) bond motifs is 2. The lowest BCUT2D eigenvalue weighted by atomic mass is 10.0. The molecule has 26 heavy (non-hydrogen) atoms. The first-order valence-corrected chi connectivity index (χ1v) is 8.71. The monoisotopic (exact) mass is 353 g/mol. The van der Waals surface area contributed by atoms with Gasteiger partial charge in [-0.25, -0.2) is 4.39 Å². The van der Waals surface area contributed by atoms with Gasteiger partial charge in [0.15, 0.2) is 0 Å². The number of amides is 2. The van der Waals surface area contributed by atoms with Crippen LogP contribution in [0, 0.1) is 12.7 Å². The molecule has 2 amide bonds. The highest BCUT2D eigenvalue weighted by Crippen LogP contribution is 2.35. The number of benzene rings is 2. The second kappa shape index (κ2) is 6.12. The van der Waals surface area contributed by atoms with Crippen molar-refractivity contribution in [1.82, 2.24) is 4.90 Å². The van der Waals surface area contributed by atoms with Crippen LogP contribution >= 0.6 is 0 Å². The SMILES string of the molecule is Cc1ccc(NC(=O)c2ccc3c(c2)N(C)C2CCCN2C3=O)cc1F. The van der Waals surface area contributed by atoms with Gasteiger partial charge in [-0.2, -0.15) is 0 Å². The molecule has 1 N–H and O–H groups in total. The maximum absolute atomic E-state index is 13.7. The molecule has 0 radical (unpaired) electrons. The Morgan fingerprint density at radius 2 is 2.04 bits per heavy atom. The molecule has 6 heteroatoms. The first-order chi connectivity index (χ1) is 12.5. The van der Waals surface area contributed by atoms with Crippen LogP contribution in [-0.4, -0.2) is 36.5 Å². The van der Waals surface area contributed by atoms with Crippen LogP contribution in [0.4, 0.5) is 15.8 Å². The molecule has 4 rings (SSSR count). The molecule has 0 aromatic heterocycles. The minimum absolute atomic E-state index is 0.0214. The molecule has 2 heterocycles. The Hall–Kier alpha value is -2.89. The summed E-state index contributed by atoms with van der Waals surface area (Å²) >= 11 is 0. The molecule has 1 unspecified atom stereocenters. The van der Waals surface area contributed by atoms with Crippen LogP contribution in [0.5, 0.6) is 0 Å². The zero-order chi connectivity index (χ0) is 18.4. The Bertz CT molecular complexity index is 912. The molecule has 2 aliphatic rings. The van der Waals surface area contributed by atoms with Gasteiger partial charge in [0.05, 0.1) is 11.3 Å². The summed E-state index contributed by atoms with van der Waals surface area (Å²) in [6.07, 6.45) is 1.97. The number of anilines is 2. The van der Waals surface area contributed by atoms with E-state index in [9.17, 15) is 14.0 Å². The number of aryl methyl sites for hydroxylation is 1. The van der Waals surface area contributed by atoms with Crippen molar-refractivity contribution >= 4 is 23.2 Å². The summed E-state index contributed by atoms with van der Waals surface area (Å²) in [5.41, 5.74) is 2.75. The molecule has 2 aliphatic heterocycles. The van der Waals surface area contributed by atoms with E-state index >= 15 is 0 Å². The van der Waals surface area contributed by atoms with Gasteiger partial charge >= 0.3 is 0 Å². The van der Waals surface area contributed by atoms with Gasteiger partial charge in [0, 0.05) is 24.8 Å². The zero-order valence-corrected chi connectivity index (χ0v) is 14.8. The van der Waals surface area contributed by atoms with Crippen molar-refractivity contribution in [3.05, 3.63) is 58.9 Å². The summed E-state index contributed by atoms with van der Waals surface area (Å²) in [6.45, 7) is 2.44. The summed E-state index contributed by atoms with van der Waals surface area (Å²) in [4.78, 5) is 29.2. The van der Waals surface area contributed by atoms with Crippen molar-refractivity contribution < 1.29 is 14.0 Å². The number of hydrogen-bond acceptors (Lipinski definition) is 3. The van der Waals surface area contributed by atoms with Crippen molar-refractivity contribution in [3.8, 4) is 0 Å². The van der Waals surface area contributed by atoms with Crippen molar-refractivity contribution in [1.29, 1.82) is 0 Å². The Morgan fingerprint density at radius 1 is 1.23 bits per heavy atom. The predicted molar refractivity (Wildman–Crippen MR) is 98.0 cm³/mol. The van der Waals surface area contributed by atoms with E-state index in [1.165, 1.54) is 6.07 Å². The number of carbonyl (C=O) groups excluding carboxylic acids is 2. The molecule has 2 aromatic carbocycles. The zero-order valence-electron chi connectivity index (χ0n) is 14.8. The van der Waals surface area contributed by atoms with E-state index < -0.39 is 0 Å². The van der Waals surface area contributed by atoms with Crippen molar-refractivity contribution in [2.24, 2.45) is 0 Å². The van der Waals surface area contributed by atoms with Crippen LogP contribution < -0.4 is 10.2 Å². The predicted octanol–water partition coefficient (Wildman–Crippen LogP) is 3.40. The third kappa shape index (κ3) is 2.62. The van der Waals surface area contributed by atoms with Gasteiger partial charge < -0.3 is 15.1 Å². The fraction of sp³-hybridized carbons (Fsp3) is 0.300. The molecule has 1 fully saturated rings. The molecule has 1 saturated heterocycles. The van der Waals surface area contributed by atoms with Gasteiger partial charge in [-0.15, -0.1) is 0 Å². The van der Waals surface area contributed by atoms with Crippen LogP contribution in [0.15, 0.2) is 36.4 Å². The third-order valence-electron chi connectivity index (χ3n) is 5.23. The van der Waals surface area contributed by atoms with Crippen molar-refractivity contribution in [3.63, 3.8) is 0 Å². The van der Waals surface area contributed by atoms with Crippen LogP contribution in [0.2, 0.25) is 0 Å². The fourth-order valence-electron chi connectivity index (χ4n) is 3.72. The molecule has 0 saturated carbocycles. The third-order valence-corrected chi connectivity index (χ3v) is 5.23. The first-order valence-electron chi connectivity index (χ1n) is 8.71. The number of nitrogens with one attached hydrogen (secondary N) is 1. The number of carbonyl (C=O) groups is 2. The van der Waals surface area contributed by atoms with E-state index in [1.54, 1.807) is 37.3 Å². The van der Waals surface area contributed by atoms with E-state index in [2.05, 4.69) is 10.2 Å². The lowest BCUT2D eigenvalue weighted by Crippen LogP contribution is -2.50. The Balaban J connectivity index is 1.62. The minimum Gasteiger partial charge on any atom is -0.354 e. The summed E-state index contributed by atoms with van der Waals surface area (Å²) in [5, 5.41) is 2.71. The quantitative estimate of drug-likeness (QED) is 0.900. The van der Waals surface area contributed by atoms with Crippen molar-refractivity contribution in [2.75, 3.05) is 23.8 Å². The Kier molecular flexibility index (Phi) is 3.90. The van der Waals surface area contributed by atoms with Crippen LogP contribution in [0.25, 0.3) is 0 Å². The van der Waals surface area contributed by atoms with Gasteiger partial charge in [-0.1, -0.05) is 6.07 Å². The summed E-state index contributed by atoms with van der Waals surface area (Å²) in [5.74, 6) is -0.668. The largest absolute Gasteiger partial charge is 0.354 e. The minimum atomic E-state index is -0.361. The summed E-state index contributed by atoms with van der Waals surface area (Å²) in [6, 6.07) is 9.67. The number of hydrogen-bond donors (Lipinski definition) is 1. The number of halogens is 1. The standard InChI is InChI=1S/C20H20FN3O2/c1-12-5-7-14(11-16(12)21)22-19(25)13-6-8-15-17(10-13)23(2)18-4-3-9-24(18)20(15)26/h5-8,10-11,18H,3-4,9H2,1-2H3,(H,22,25). The maximum Gasteiger partial charge on any atom is 0.257 e. The van der Waals surface area contributed by atoms with E-state index in [0.29, 0.717) is 22.4 Å². The van der Waals surface area contributed by atoms with Gasteiger partial charge in [0.25, 0.3) is 11.8 Å². The Labute approximate surface area is 151 Å².